The fourth-order valence-electron chi connectivity index (χ4n) is 3.67. The predicted octanol–water partition coefficient (Wildman–Crippen LogP) is 4.79. The molecule has 0 spiro atoms. The molecule has 0 heterocycles. The first-order chi connectivity index (χ1) is 16.5. The van der Waals surface area contributed by atoms with E-state index in [0.29, 0.717) is 18.0 Å². The molecule has 1 atom stereocenters. The Morgan fingerprint density at radius 1 is 1.09 bits per heavy atom. The summed E-state index contributed by atoms with van der Waals surface area (Å²) in [5.74, 6) is -0.777. The van der Waals surface area contributed by atoms with E-state index in [4.69, 9.17) is 23.2 Å². The third-order valence-corrected chi connectivity index (χ3v) is 7.34. The monoisotopic (exact) mass is 541 g/mol. The molecule has 0 aliphatic carbocycles. The second-order valence-electron chi connectivity index (χ2n) is 8.38. The van der Waals surface area contributed by atoms with E-state index in [1.165, 1.54) is 23.1 Å². The molecular formula is C25H33Cl2N3O4S. The molecule has 1 unspecified atom stereocenters. The van der Waals surface area contributed by atoms with Crippen molar-refractivity contribution in [3.63, 3.8) is 0 Å². The molecule has 2 aromatic rings. The van der Waals surface area contributed by atoms with Gasteiger partial charge < -0.3 is 10.2 Å². The normalized spacial score (nSPS) is 12.2. The van der Waals surface area contributed by atoms with Crippen LogP contribution in [0.4, 0.5) is 5.69 Å². The highest BCUT2D eigenvalue weighted by Gasteiger charge is 2.32. The number of nitrogens with one attached hydrogen (secondary N) is 1. The Morgan fingerprint density at radius 3 is 2.34 bits per heavy atom. The smallest absolute Gasteiger partial charge is 0.244 e. The van der Waals surface area contributed by atoms with E-state index >= 15 is 0 Å². The number of hydrogen-bond acceptors (Lipinski definition) is 4. The topological polar surface area (TPSA) is 86.8 Å². The Labute approximate surface area is 218 Å². The summed E-state index contributed by atoms with van der Waals surface area (Å²) < 4.78 is 26.3. The zero-order valence-corrected chi connectivity index (χ0v) is 22.9. The lowest BCUT2D eigenvalue weighted by Gasteiger charge is -2.33. The summed E-state index contributed by atoms with van der Waals surface area (Å²) in [5.41, 5.74) is 1.98. The van der Waals surface area contributed by atoms with E-state index < -0.39 is 28.5 Å². The first-order valence-corrected chi connectivity index (χ1v) is 14.1. The summed E-state index contributed by atoms with van der Waals surface area (Å²) >= 11 is 12.2. The number of sulfonamides is 1. The number of aryl methyl sites for hydroxylation is 1. The van der Waals surface area contributed by atoms with Gasteiger partial charge in [0.05, 0.1) is 17.0 Å². The minimum Gasteiger partial charge on any atom is -0.354 e. The van der Waals surface area contributed by atoms with Crippen LogP contribution in [0, 0.1) is 6.92 Å². The van der Waals surface area contributed by atoms with Gasteiger partial charge in [-0.05, 0) is 49.1 Å². The fourth-order valence-corrected chi connectivity index (χ4v) is 5.10. The molecule has 2 aromatic carbocycles. The van der Waals surface area contributed by atoms with Gasteiger partial charge in [0.1, 0.15) is 12.6 Å². The van der Waals surface area contributed by atoms with Gasteiger partial charge in [-0.3, -0.25) is 13.9 Å². The first-order valence-electron chi connectivity index (χ1n) is 11.5. The van der Waals surface area contributed by atoms with Crippen LogP contribution < -0.4 is 9.62 Å². The molecule has 35 heavy (non-hydrogen) atoms. The summed E-state index contributed by atoms with van der Waals surface area (Å²) in [5, 5.41) is 3.34. The molecule has 2 amide bonds. The van der Waals surface area contributed by atoms with E-state index in [2.05, 4.69) is 5.32 Å². The van der Waals surface area contributed by atoms with Crippen molar-refractivity contribution < 1.29 is 18.0 Å². The van der Waals surface area contributed by atoms with Crippen molar-refractivity contribution in [2.45, 2.75) is 52.6 Å². The lowest BCUT2D eigenvalue weighted by atomic mass is 10.1. The van der Waals surface area contributed by atoms with Gasteiger partial charge in [-0.15, -0.1) is 0 Å². The Bertz CT molecular complexity index is 1140. The maximum Gasteiger partial charge on any atom is 0.244 e. The van der Waals surface area contributed by atoms with E-state index in [0.717, 1.165) is 34.5 Å². The summed E-state index contributed by atoms with van der Waals surface area (Å²) in [4.78, 5) is 28.2. The van der Waals surface area contributed by atoms with Gasteiger partial charge in [-0.25, -0.2) is 8.42 Å². The molecule has 7 nitrogen and oxygen atoms in total. The van der Waals surface area contributed by atoms with Crippen LogP contribution in [0.3, 0.4) is 0 Å². The van der Waals surface area contributed by atoms with Crippen LogP contribution >= 0.6 is 23.2 Å². The highest BCUT2D eigenvalue weighted by molar-refractivity contribution is 7.92. The van der Waals surface area contributed by atoms with Crippen LogP contribution in [0.5, 0.6) is 0 Å². The van der Waals surface area contributed by atoms with Gasteiger partial charge in [0, 0.05) is 18.1 Å². The number of benzene rings is 2. The van der Waals surface area contributed by atoms with Gasteiger partial charge in [-0.1, -0.05) is 67.7 Å². The maximum atomic E-state index is 13.7. The molecule has 0 aliphatic rings. The average molecular weight is 543 g/mol. The van der Waals surface area contributed by atoms with E-state index in [1.807, 2.05) is 45.0 Å². The second-order valence-corrected chi connectivity index (χ2v) is 11.1. The van der Waals surface area contributed by atoms with E-state index in [-0.39, 0.29) is 23.2 Å². The molecule has 192 valence electrons. The van der Waals surface area contributed by atoms with Crippen LogP contribution in [-0.2, 0) is 26.2 Å². The quantitative estimate of drug-likeness (QED) is 0.391. The molecule has 2 rings (SSSR count). The highest BCUT2D eigenvalue weighted by atomic mass is 35.5. The number of carbonyl (C=O) groups is 2. The number of halogens is 2. The third-order valence-electron chi connectivity index (χ3n) is 5.68. The maximum absolute atomic E-state index is 13.7. The molecule has 0 bridgehead atoms. The lowest BCUT2D eigenvalue weighted by molar-refractivity contribution is -0.140. The number of nitrogens with zero attached hydrogens (tertiary/aromatic N) is 2. The van der Waals surface area contributed by atoms with Crippen molar-refractivity contribution >= 4 is 50.7 Å². The van der Waals surface area contributed by atoms with Crippen LogP contribution in [0.15, 0.2) is 42.5 Å². The van der Waals surface area contributed by atoms with Crippen molar-refractivity contribution in [2.24, 2.45) is 0 Å². The SMILES string of the molecule is CCCCNC(=O)C(CC)N(Cc1ccccc1C)C(=O)CN(c1ccc(Cl)cc1Cl)S(C)(=O)=O. The molecule has 0 saturated carbocycles. The Kier molecular flexibility index (Phi) is 10.9. The zero-order chi connectivity index (χ0) is 26.2. The Balaban J connectivity index is 2.45. The minimum atomic E-state index is -3.88. The number of amides is 2. The van der Waals surface area contributed by atoms with Gasteiger partial charge in [-0.2, -0.15) is 0 Å². The van der Waals surface area contributed by atoms with Crippen LogP contribution in [0.1, 0.15) is 44.2 Å². The fraction of sp³-hybridized carbons (Fsp3) is 0.440. The van der Waals surface area contributed by atoms with Gasteiger partial charge >= 0.3 is 0 Å². The number of unbranched alkanes of at least 4 members (excludes halogenated alkanes) is 1. The van der Waals surface area contributed by atoms with Crippen LogP contribution in [-0.4, -0.2) is 50.5 Å². The zero-order valence-electron chi connectivity index (χ0n) is 20.6. The van der Waals surface area contributed by atoms with Gasteiger partial charge in [0.2, 0.25) is 21.8 Å². The molecule has 0 saturated heterocycles. The van der Waals surface area contributed by atoms with E-state index in [9.17, 15) is 18.0 Å². The second kappa shape index (κ2) is 13.1. The first kappa shape index (κ1) is 28.9. The lowest BCUT2D eigenvalue weighted by Crippen LogP contribution is -2.52. The molecule has 0 aliphatic heterocycles. The summed E-state index contributed by atoms with van der Waals surface area (Å²) in [6.45, 7) is 5.94. The summed E-state index contributed by atoms with van der Waals surface area (Å²) in [6, 6.07) is 11.2. The molecule has 1 N–H and O–H groups in total. The van der Waals surface area contributed by atoms with Crippen molar-refractivity contribution in [1.29, 1.82) is 0 Å². The number of anilines is 1. The standard InChI is InChI=1S/C25H33Cl2N3O4S/c1-5-7-14-28-25(32)22(6-2)29(16-19-11-9-8-10-18(19)3)24(31)17-30(35(4,33)34)23-13-12-20(26)15-21(23)27/h8-13,15,22H,5-7,14,16-17H2,1-4H3,(H,28,32). The minimum absolute atomic E-state index is 0.102. The van der Waals surface area contributed by atoms with Crippen molar-refractivity contribution in [3.05, 3.63) is 63.6 Å². The molecular weight excluding hydrogens is 509 g/mol. The van der Waals surface area contributed by atoms with Gasteiger partial charge in [0.25, 0.3) is 0 Å². The highest BCUT2D eigenvalue weighted by Crippen LogP contribution is 2.30. The van der Waals surface area contributed by atoms with Crippen molar-refractivity contribution in [3.8, 4) is 0 Å². The van der Waals surface area contributed by atoms with Crippen LogP contribution in [0.2, 0.25) is 10.0 Å². The van der Waals surface area contributed by atoms with E-state index in [1.54, 1.807) is 0 Å². The number of carbonyl (C=O) groups excluding carboxylic acids is 2. The van der Waals surface area contributed by atoms with Crippen LogP contribution in [0.25, 0.3) is 0 Å². The molecule has 0 radical (unpaired) electrons. The largest absolute Gasteiger partial charge is 0.354 e. The third kappa shape index (κ3) is 8.12. The molecule has 10 heteroatoms. The Morgan fingerprint density at radius 2 is 1.77 bits per heavy atom. The molecule has 0 aromatic heterocycles. The van der Waals surface area contributed by atoms with Gasteiger partial charge in [0.15, 0.2) is 0 Å². The molecule has 0 fully saturated rings. The number of hydrogen-bond donors (Lipinski definition) is 1. The summed E-state index contributed by atoms with van der Waals surface area (Å²) in [7, 11) is -3.88. The Hall–Kier alpha value is -2.29. The van der Waals surface area contributed by atoms with Crippen molar-refractivity contribution in [1.82, 2.24) is 10.2 Å². The summed E-state index contributed by atoms with van der Waals surface area (Å²) in [6.07, 6.45) is 3.13. The average Bonchev–Trinajstić information content (AvgIpc) is 2.78. The predicted molar refractivity (Wildman–Crippen MR) is 142 cm³/mol. The number of rotatable bonds is 12. The van der Waals surface area contributed by atoms with Crippen molar-refractivity contribution in [2.75, 3.05) is 23.7 Å².